The van der Waals surface area contributed by atoms with Crippen LogP contribution in [0.3, 0.4) is 0 Å². The summed E-state index contributed by atoms with van der Waals surface area (Å²) in [6.45, 7) is 1.73. The van der Waals surface area contributed by atoms with Gasteiger partial charge in [0.05, 0.1) is 11.1 Å². The molecule has 1 aliphatic heterocycles. The molecule has 1 aromatic carbocycles. The largest absolute Gasteiger partial charge is 0.396 e. The van der Waals surface area contributed by atoms with Gasteiger partial charge in [-0.05, 0) is 25.5 Å². The Morgan fingerprint density at radius 3 is 2.12 bits per heavy atom. The van der Waals surface area contributed by atoms with Crippen LogP contribution in [0.25, 0.3) is 0 Å². The molecule has 0 fully saturated rings. The van der Waals surface area contributed by atoms with Gasteiger partial charge in [0.15, 0.2) is 0 Å². The van der Waals surface area contributed by atoms with Crippen LogP contribution >= 0.6 is 0 Å². The zero-order chi connectivity index (χ0) is 11.7. The Labute approximate surface area is 93.5 Å². The lowest BCUT2D eigenvalue weighted by Gasteiger charge is -2.21. The third kappa shape index (κ3) is 1.51. The van der Waals surface area contributed by atoms with Crippen molar-refractivity contribution in [3.8, 4) is 0 Å². The monoisotopic (exact) mass is 219 g/mol. The van der Waals surface area contributed by atoms with E-state index in [0.717, 1.165) is 0 Å². The minimum atomic E-state index is -0.266. The number of imide groups is 1. The van der Waals surface area contributed by atoms with E-state index in [-0.39, 0.29) is 24.5 Å². The Hall–Kier alpha value is -1.68. The molecular formula is C12H13NO3. The fraction of sp³-hybridized carbons (Fsp3) is 0.333. The molecule has 0 saturated heterocycles. The minimum absolute atomic E-state index is 0.0332. The molecule has 1 heterocycles. The fourth-order valence-corrected chi connectivity index (χ4v) is 1.92. The van der Waals surface area contributed by atoms with Crippen molar-refractivity contribution in [1.82, 2.24) is 4.90 Å². The van der Waals surface area contributed by atoms with Gasteiger partial charge < -0.3 is 5.11 Å². The number of hydrogen-bond acceptors (Lipinski definition) is 3. The van der Waals surface area contributed by atoms with Gasteiger partial charge in [-0.3, -0.25) is 14.5 Å². The molecule has 4 nitrogen and oxygen atoms in total. The van der Waals surface area contributed by atoms with Gasteiger partial charge in [0.2, 0.25) is 0 Å². The predicted molar refractivity (Wildman–Crippen MR) is 58.1 cm³/mol. The van der Waals surface area contributed by atoms with E-state index in [1.54, 1.807) is 31.2 Å². The molecule has 0 bridgehead atoms. The van der Waals surface area contributed by atoms with Crippen LogP contribution < -0.4 is 0 Å². The van der Waals surface area contributed by atoms with E-state index in [1.165, 1.54) is 4.90 Å². The van der Waals surface area contributed by atoms with Crippen LogP contribution in [-0.2, 0) is 0 Å². The highest BCUT2D eigenvalue weighted by Gasteiger charge is 2.37. The number of nitrogens with zero attached hydrogens (tertiary/aromatic N) is 1. The highest BCUT2D eigenvalue weighted by Crippen LogP contribution is 2.24. The van der Waals surface area contributed by atoms with Crippen molar-refractivity contribution in [3.63, 3.8) is 0 Å². The number of aliphatic hydroxyl groups excluding tert-OH is 1. The molecular weight excluding hydrogens is 206 g/mol. The zero-order valence-electron chi connectivity index (χ0n) is 9.01. The third-order valence-electron chi connectivity index (χ3n) is 2.81. The minimum Gasteiger partial charge on any atom is -0.396 e. The molecule has 0 spiro atoms. The van der Waals surface area contributed by atoms with Gasteiger partial charge in [0, 0.05) is 12.6 Å². The van der Waals surface area contributed by atoms with E-state index < -0.39 is 0 Å². The van der Waals surface area contributed by atoms with Gasteiger partial charge in [-0.15, -0.1) is 0 Å². The number of rotatable bonds is 3. The number of fused-ring (bicyclic) bond motifs is 1. The van der Waals surface area contributed by atoms with Crippen LogP contribution in [0.4, 0.5) is 0 Å². The molecule has 1 aromatic rings. The molecule has 16 heavy (non-hydrogen) atoms. The maximum atomic E-state index is 11.9. The summed E-state index contributed by atoms with van der Waals surface area (Å²) >= 11 is 0. The van der Waals surface area contributed by atoms with E-state index in [4.69, 9.17) is 5.11 Å². The lowest BCUT2D eigenvalue weighted by atomic mass is 10.1. The highest BCUT2D eigenvalue weighted by molar-refractivity contribution is 6.21. The topological polar surface area (TPSA) is 57.6 Å². The van der Waals surface area contributed by atoms with E-state index in [0.29, 0.717) is 17.5 Å². The van der Waals surface area contributed by atoms with Gasteiger partial charge in [-0.25, -0.2) is 0 Å². The zero-order valence-corrected chi connectivity index (χ0v) is 9.01. The summed E-state index contributed by atoms with van der Waals surface area (Å²) < 4.78 is 0. The molecule has 0 radical (unpaired) electrons. The summed E-state index contributed by atoms with van der Waals surface area (Å²) in [4.78, 5) is 25.1. The molecule has 0 saturated carbocycles. The van der Waals surface area contributed by atoms with Crippen LogP contribution in [-0.4, -0.2) is 34.5 Å². The van der Waals surface area contributed by atoms with E-state index in [2.05, 4.69) is 0 Å². The van der Waals surface area contributed by atoms with Gasteiger partial charge in [0.1, 0.15) is 0 Å². The summed E-state index contributed by atoms with van der Waals surface area (Å²) in [5.74, 6) is -0.525. The van der Waals surface area contributed by atoms with Gasteiger partial charge in [-0.1, -0.05) is 12.1 Å². The molecule has 84 valence electrons. The number of aliphatic hydroxyl groups is 1. The third-order valence-corrected chi connectivity index (χ3v) is 2.81. The van der Waals surface area contributed by atoms with Crippen LogP contribution in [0, 0.1) is 0 Å². The number of amides is 2. The van der Waals surface area contributed by atoms with E-state index in [9.17, 15) is 9.59 Å². The van der Waals surface area contributed by atoms with Crippen LogP contribution in [0.15, 0.2) is 24.3 Å². The SMILES string of the molecule is C[C@@H](CCO)N1C(=O)c2ccccc2C1=O. The van der Waals surface area contributed by atoms with Crippen molar-refractivity contribution in [3.05, 3.63) is 35.4 Å². The van der Waals surface area contributed by atoms with Crippen molar-refractivity contribution in [1.29, 1.82) is 0 Å². The van der Waals surface area contributed by atoms with Gasteiger partial charge in [-0.2, -0.15) is 0 Å². The second kappa shape index (κ2) is 4.06. The smallest absolute Gasteiger partial charge is 0.261 e. The van der Waals surface area contributed by atoms with Crippen molar-refractivity contribution >= 4 is 11.8 Å². The molecule has 2 amide bonds. The molecule has 1 atom stereocenters. The summed E-state index contributed by atoms with van der Waals surface area (Å²) in [5, 5.41) is 8.84. The Bertz CT molecular complexity index is 407. The highest BCUT2D eigenvalue weighted by atomic mass is 16.3. The number of carbonyl (C=O) groups is 2. The summed E-state index contributed by atoms with van der Waals surface area (Å²) in [7, 11) is 0. The standard InChI is InChI=1S/C12H13NO3/c1-8(6-7-14)13-11(15)9-4-2-3-5-10(9)12(13)16/h2-5,8,14H,6-7H2,1H3/t8-/m0/s1. The Morgan fingerprint density at radius 2 is 1.69 bits per heavy atom. The molecule has 0 unspecified atom stereocenters. The van der Waals surface area contributed by atoms with Gasteiger partial charge in [0.25, 0.3) is 11.8 Å². The fourth-order valence-electron chi connectivity index (χ4n) is 1.92. The number of benzene rings is 1. The lowest BCUT2D eigenvalue weighted by Crippen LogP contribution is -2.38. The van der Waals surface area contributed by atoms with Crippen LogP contribution in [0.1, 0.15) is 34.1 Å². The maximum Gasteiger partial charge on any atom is 0.261 e. The predicted octanol–water partition coefficient (Wildman–Crippen LogP) is 1.05. The van der Waals surface area contributed by atoms with Crippen molar-refractivity contribution in [2.45, 2.75) is 19.4 Å². The average Bonchev–Trinajstić information content (AvgIpc) is 2.53. The maximum absolute atomic E-state index is 11.9. The molecule has 1 N–H and O–H groups in total. The number of hydrogen-bond donors (Lipinski definition) is 1. The summed E-state index contributed by atoms with van der Waals surface area (Å²) in [5.41, 5.74) is 0.912. The second-order valence-corrected chi connectivity index (χ2v) is 3.89. The first-order valence-corrected chi connectivity index (χ1v) is 5.24. The van der Waals surface area contributed by atoms with Crippen molar-refractivity contribution in [2.75, 3.05) is 6.61 Å². The summed E-state index contributed by atoms with van der Waals surface area (Å²) in [6, 6.07) is 6.52. The van der Waals surface area contributed by atoms with Crippen LogP contribution in [0.2, 0.25) is 0 Å². The van der Waals surface area contributed by atoms with Gasteiger partial charge >= 0.3 is 0 Å². The lowest BCUT2D eigenvalue weighted by molar-refractivity contribution is 0.0576. The van der Waals surface area contributed by atoms with E-state index in [1.807, 2.05) is 0 Å². The quantitative estimate of drug-likeness (QED) is 0.773. The van der Waals surface area contributed by atoms with Crippen LogP contribution in [0.5, 0.6) is 0 Å². The van der Waals surface area contributed by atoms with Crippen molar-refractivity contribution in [2.24, 2.45) is 0 Å². The van der Waals surface area contributed by atoms with Crippen molar-refractivity contribution < 1.29 is 14.7 Å². The Balaban J connectivity index is 2.35. The first kappa shape index (κ1) is 10.8. The Kier molecular flexibility index (Phi) is 2.75. The molecule has 0 aromatic heterocycles. The number of carbonyl (C=O) groups excluding carboxylic acids is 2. The summed E-state index contributed by atoms with van der Waals surface area (Å²) in [6.07, 6.45) is 0.408. The molecule has 2 rings (SSSR count). The Morgan fingerprint density at radius 1 is 1.19 bits per heavy atom. The first-order valence-electron chi connectivity index (χ1n) is 5.24. The van der Waals surface area contributed by atoms with E-state index >= 15 is 0 Å². The second-order valence-electron chi connectivity index (χ2n) is 3.89. The molecule has 1 aliphatic rings. The average molecular weight is 219 g/mol. The molecule has 0 aliphatic carbocycles. The normalized spacial score (nSPS) is 16.5. The molecule has 4 heteroatoms. The first-order chi connectivity index (χ1) is 7.66.